The van der Waals surface area contributed by atoms with E-state index < -0.39 is 0 Å². The predicted molar refractivity (Wildman–Crippen MR) is 70.3 cm³/mol. The highest BCUT2D eigenvalue weighted by Gasteiger charge is 2.12. The summed E-state index contributed by atoms with van der Waals surface area (Å²) in [4.78, 5) is 0. The molecule has 0 saturated heterocycles. The Morgan fingerprint density at radius 1 is 1.31 bits per heavy atom. The summed E-state index contributed by atoms with van der Waals surface area (Å²) < 4.78 is 0. The third-order valence-electron chi connectivity index (χ3n) is 2.94. The summed E-state index contributed by atoms with van der Waals surface area (Å²) in [6.45, 7) is 1.97. The molecule has 2 nitrogen and oxygen atoms in total. The summed E-state index contributed by atoms with van der Waals surface area (Å²) >= 11 is 1.72. The summed E-state index contributed by atoms with van der Waals surface area (Å²) in [7, 11) is 0. The highest BCUT2D eigenvalue weighted by molar-refractivity contribution is 7.08. The van der Waals surface area contributed by atoms with E-state index in [4.69, 9.17) is 0 Å². The van der Waals surface area contributed by atoms with Gasteiger partial charge in [0, 0.05) is 29.8 Å². The number of rotatable bonds is 3. The lowest BCUT2D eigenvalue weighted by molar-refractivity contribution is 1.11. The standard InChI is InChI=1S/C13H14N2S/c1-2-10-4-6-14-13(10)11(3-1)8-15-12-5-7-16-9-12/h1-3,5,7,9,14-15H,4,6,8H2. The molecule has 0 bridgehead atoms. The van der Waals surface area contributed by atoms with Crippen LogP contribution in [0.25, 0.3) is 0 Å². The highest BCUT2D eigenvalue weighted by Crippen LogP contribution is 2.27. The molecule has 2 N–H and O–H groups in total. The largest absolute Gasteiger partial charge is 0.384 e. The van der Waals surface area contributed by atoms with Gasteiger partial charge in [-0.05, 0) is 29.0 Å². The van der Waals surface area contributed by atoms with Crippen LogP contribution < -0.4 is 10.6 Å². The second kappa shape index (κ2) is 4.18. The molecule has 3 rings (SSSR count). The van der Waals surface area contributed by atoms with Gasteiger partial charge >= 0.3 is 0 Å². The second-order valence-corrected chi connectivity index (χ2v) is 4.77. The monoisotopic (exact) mass is 230 g/mol. The van der Waals surface area contributed by atoms with Crippen LogP contribution in [0.1, 0.15) is 11.1 Å². The van der Waals surface area contributed by atoms with Crippen molar-refractivity contribution >= 4 is 22.7 Å². The zero-order valence-corrected chi connectivity index (χ0v) is 9.81. The molecule has 82 valence electrons. The Labute approximate surface area is 99.3 Å². The maximum Gasteiger partial charge on any atom is 0.0451 e. The number of anilines is 2. The van der Waals surface area contributed by atoms with Crippen LogP contribution >= 0.6 is 11.3 Å². The Morgan fingerprint density at radius 2 is 2.31 bits per heavy atom. The van der Waals surface area contributed by atoms with Gasteiger partial charge in [0.2, 0.25) is 0 Å². The summed E-state index contributed by atoms with van der Waals surface area (Å²) in [5, 5.41) is 11.1. The maximum atomic E-state index is 3.46. The molecule has 2 heterocycles. The fraction of sp³-hybridized carbons (Fsp3) is 0.231. The zero-order chi connectivity index (χ0) is 10.8. The third-order valence-corrected chi connectivity index (χ3v) is 3.62. The van der Waals surface area contributed by atoms with Gasteiger partial charge < -0.3 is 10.6 Å². The van der Waals surface area contributed by atoms with Gasteiger partial charge in [-0.1, -0.05) is 18.2 Å². The van der Waals surface area contributed by atoms with Crippen molar-refractivity contribution in [1.82, 2.24) is 0 Å². The van der Waals surface area contributed by atoms with Gasteiger partial charge in [0.25, 0.3) is 0 Å². The number of hydrogen-bond donors (Lipinski definition) is 2. The Balaban J connectivity index is 1.78. The normalized spacial score (nSPS) is 13.2. The van der Waals surface area contributed by atoms with E-state index in [1.54, 1.807) is 11.3 Å². The number of fused-ring (bicyclic) bond motifs is 1. The molecule has 1 aromatic heterocycles. The van der Waals surface area contributed by atoms with Crippen molar-refractivity contribution in [2.24, 2.45) is 0 Å². The molecule has 0 radical (unpaired) electrons. The first-order valence-electron chi connectivity index (χ1n) is 5.54. The van der Waals surface area contributed by atoms with Crippen LogP contribution in [0, 0.1) is 0 Å². The number of thiophene rings is 1. The van der Waals surface area contributed by atoms with E-state index in [2.05, 4.69) is 45.7 Å². The molecule has 0 unspecified atom stereocenters. The SMILES string of the molecule is c1cc2c(c(CNc3ccsc3)c1)NCC2. The molecular weight excluding hydrogens is 216 g/mol. The molecule has 3 heteroatoms. The van der Waals surface area contributed by atoms with E-state index in [-0.39, 0.29) is 0 Å². The van der Waals surface area contributed by atoms with E-state index in [0.29, 0.717) is 0 Å². The summed E-state index contributed by atoms with van der Waals surface area (Å²) in [5.41, 5.74) is 5.36. The molecule has 0 spiro atoms. The quantitative estimate of drug-likeness (QED) is 0.845. The van der Waals surface area contributed by atoms with E-state index in [0.717, 1.165) is 19.5 Å². The van der Waals surface area contributed by atoms with Gasteiger partial charge in [-0.15, -0.1) is 0 Å². The number of nitrogens with one attached hydrogen (secondary N) is 2. The van der Waals surface area contributed by atoms with E-state index in [9.17, 15) is 0 Å². The first-order valence-corrected chi connectivity index (χ1v) is 6.48. The topological polar surface area (TPSA) is 24.1 Å². The molecule has 2 aromatic rings. The van der Waals surface area contributed by atoms with Gasteiger partial charge in [-0.2, -0.15) is 11.3 Å². The molecule has 16 heavy (non-hydrogen) atoms. The highest BCUT2D eigenvalue weighted by atomic mass is 32.1. The van der Waals surface area contributed by atoms with Crippen LogP contribution in [0.2, 0.25) is 0 Å². The summed E-state index contributed by atoms with van der Waals surface area (Å²) in [5.74, 6) is 0. The second-order valence-electron chi connectivity index (χ2n) is 3.99. The maximum absolute atomic E-state index is 3.46. The molecule has 1 aliphatic rings. The minimum absolute atomic E-state index is 0.896. The fourth-order valence-electron chi connectivity index (χ4n) is 2.12. The summed E-state index contributed by atoms with van der Waals surface area (Å²) in [6.07, 6.45) is 1.15. The van der Waals surface area contributed by atoms with Crippen LogP contribution in [-0.4, -0.2) is 6.54 Å². The van der Waals surface area contributed by atoms with E-state index in [1.165, 1.54) is 22.5 Å². The lowest BCUT2D eigenvalue weighted by atomic mass is 10.1. The molecule has 0 amide bonds. The Morgan fingerprint density at radius 3 is 3.19 bits per heavy atom. The number of para-hydroxylation sites is 1. The van der Waals surface area contributed by atoms with Crippen molar-refractivity contribution in [2.75, 3.05) is 17.2 Å². The van der Waals surface area contributed by atoms with Gasteiger partial charge in [0.15, 0.2) is 0 Å². The lowest BCUT2D eigenvalue weighted by Gasteiger charge is -2.09. The van der Waals surface area contributed by atoms with Crippen LogP contribution in [0.3, 0.4) is 0 Å². The van der Waals surface area contributed by atoms with Crippen molar-refractivity contribution in [1.29, 1.82) is 0 Å². The van der Waals surface area contributed by atoms with Gasteiger partial charge in [-0.25, -0.2) is 0 Å². The van der Waals surface area contributed by atoms with Crippen molar-refractivity contribution in [3.05, 3.63) is 46.2 Å². The number of benzene rings is 1. The van der Waals surface area contributed by atoms with Crippen LogP contribution in [0.5, 0.6) is 0 Å². The minimum atomic E-state index is 0.896. The zero-order valence-electron chi connectivity index (χ0n) is 8.99. The number of hydrogen-bond acceptors (Lipinski definition) is 3. The van der Waals surface area contributed by atoms with Gasteiger partial charge in [0.05, 0.1) is 0 Å². The van der Waals surface area contributed by atoms with Gasteiger partial charge in [0.1, 0.15) is 0 Å². The van der Waals surface area contributed by atoms with Crippen molar-refractivity contribution in [3.63, 3.8) is 0 Å². The third kappa shape index (κ3) is 1.78. The van der Waals surface area contributed by atoms with Crippen molar-refractivity contribution < 1.29 is 0 Å². The molecule has 0 saturated carbocycles. The van der Waals surface area contributed by atoms with Crippen molar-refractivity contribution in [3.8, 4) is 0 Å². The average Bonchev–Trinajstić information content (AvgIpc) is 2.97. The average molecular weight is 230 g/mol. The molecule has 1 aromatic carbocycles. The Kier molecular flexibility index (Phi) is 2.54. The lowest BCUT2D eigenvalue weighted by Crippen LogP contribution is -2.02. The molecular formula is C13H14N2S. The van der Waals surface area contributed by atoms with E-state index in [1.807, 2.05) is 0 Å². The molecule has 0 atom stereocenters. The van der Waals surface area contributed by atoms with Crippen LogP contribution in [0.15, 0.2) is 35.0 Å². The predicted octanol–water partition coefficient (Wildman–Crippen LogP) is 3.33. The Bertz CT molecular complexity index is 477. The molecule has 0 aliphatic carbocycles. The minimum Gasteiger partial charge on any atom is -0.384 e. The smallest absolute Gasteiger partial charge is 0.0451 e. The molecule has 1 aliphatic heterocycles. The molecule has 0 fully saturated rings. The first kappa shape index (κ1) is 9.73. The Hall–Kier alpha value is -1.48. The first-order chi connectivity index (χ1) is 7.93. The van der Waals surface area contributed by atoms with Crippen molar-refractivity contribution in [2.45, 2.75) is 13.0 Å². The van der Waals surface area contributed by atoms with Gasteiger partial charge in [-0.3, -0.25) is 0 Å². The van der Waals surface area contributed by atoms with Crippen LogP contribution in [0.4, 0.5) is 11.4 Å². The fourth-order valence-corrected chi connectivity index (χ4v) is 2.73. The van der Waals surface area contributed by atoms with Crippen LogP contribution in [-0.2, 0) is 13.0 Å². The van der Waals surface area contributed by atoms with E-state index >= 15 is 0 Å². The summed E-state index contributed by atoms with van der Waals surface area (Å²) in [6, 6.07) is 8.66.